The summed E-state index contributed by atoms with van der Waals surface area (Å²) < 4.78 is 1.93. The zero-order valence-electron chi connectivity index (χ0n) is 5.64. The van der Waals surface area contributed by atoms with Crippen LogP contribution in [0.2, 0.25) is 0 Å². The fourth-order valence-corrected chi connectivity index (χ4v) is 1.73. The van der Waals surface area contributed by atoms with Crippen molar-refractivity contribution in [1.82, 2.24) is 0 Å². The zero-order chi connectivity index (χ0) is 8.43. The summed E-state index contributed by atoms with van der Waals surface area (Å²) in [4.78, 5) is 0. The van der Waals surface area contributed by atoms with Crippen LogP contribution >= 0.6 is 45.2 Å². The predicted octanol–water partition coefficient (Wildman–Crippen LogP) is 2.06. The van der Waals surface area contributed by atoms with Crippen LogP contribution < -0.4 is 5.73 Å². The van der Waals surface area contributed by atoms with Crippen molar-refractivity contribution in [3.63, 3.8) is 0 Å². The molecule has 0 unspecified atom stereocenters. The minimum atomic E-state index is 0.318. The van der Waals surface area contributed by atoms with Gasteiger partial charge in [0.1, 0.15) is 5.75 Å². The quantitative estimate of drug-likeness (QED) is 0.739. The first kappa shape index (κ1) is 9.53. The van der Waals surface area contributed by atoms with E-state index in [-0.39, 0.29) is 0 Å². The smallest absolute Gasteiger partial charge is 0.130 e. The van der Waals surface area contributed by atoms with Gasteiger partial charge in [0.05, 0.1) is 3.57 Å². The average Bonchev–Trinajstić information content (AvgIpc) is 1.99. The number of aromatic hydroxyl groups is 1. The number of halogens is 2. The second kappa shape index (κ2) is 3.90. The summed E-state index contributed by atoms with van der Waals surface area (Å²) in [6, 6.07) is 3.67. The average molecular weight is 375 g/mol. The summed E-state index contributed by atoms with van der Waals surface area (Å²) in [5, 5.41) is 9.34. The highest BCUT2D eigenvalue weighted by Gasteiger charge is 2.03. The van der Waals surface area contributed by atoms with Crippen LogP contribution in [-0.4, -0.2) is 5.11 Å². The van der Waals surface area contributed by atoms with Gasteiger partial charge >= 0.3 is 0 Å². The van der Waals surface area contributed by atoms with Crippen LogP contribution in [0.15, 0.2) is 12.1 Å². The van der Waals surface area contributed by atoms with Gasteiger partial charge in [0.2, 0.25) is 0 Å². The Morgan fingerprint density at radius 3 is 2.45 bits per heavy atom. The predicted molar refractivity (Wildman–Crippen MR) is 61.4 cm³/mol. The second-order valence-corrected chi connectivity index (χ2v) is 4.36. The van der Waals surface area contributed by atoms with Gasteiger partial charge in [0.25, 0.3) is 0 Å². The Morgan fingerprint density at radius 2 is 2.00 bits per heavy atom. The highest BCUT2D eigenvalue weighted by Crippen LogP contribution is 2.26. The number of hydrogen-bond acceptors (Lipinski definition) is 2. The Balaban J connectivity index is 3.21. The van der Waals surface area contributed by atoms with E-state index in [0.717, 1.165) is 12.7 Å². The molecule has 1 rings (SSSR count). The first-order valence-electron chi connectivity index (χ1n) is 3.02. The molecule has 0 spiro atoms. The molecule has 0 aliphatic rings. The molecule has 2 nitrogen and oxygen atoms in total. The Labute approximate surface area is 92.5 Å². The lowest BCUT2D eigenvalue weighted by Crippen LogP contribution is -1.97. The number of rotatable bonds is 1. The summed E-state index contributed by atoms with van der Waals surface area (Å²) in [5.74, 6) is 0.318. The fourth-order valence-electron chi connectivity index (χ4n) is 0.747. The lowest BCUT2D eigenvalue weighted by atomic mass is 10.2. The van der Waals surface area contributed by atoms with E-state index in [1.165, 1.54) is 0 Å². The molecule has 4 heteroatoms. The summed E-state index contributed by atoms with van der Waals surface area (Å²) in [6.07, 6.45) is 0. The van der Waals surface area contributed by atoms with Crippen LogP contribution in [0.4, 0.5) is 0 Å². The van der Waals surface area contributed by atoms with Crippen LogP contribution in [0, 0.1) is 7.14 Å². The minimum absolute atomic E-state index is 0.318. The van der Waals surface area contributed by atoms with Gasteiger partial charge in [-0.3, -0.25) is 0 Å². The van der Waals surface area contributed by atoms with E-state index >= 15 is 0 Å². The summed E-state index contributed by atoms with van der Waals surface area (Å²) in [7, 11) is 0. The van der Waals surface area contributed by atoms with Gasteiger partial charge in [0.15, 0.2) is 0 Å². The molecule has 3 N–H and O–H groups in total. The van der Waals surface area contributed by atoms with Crippen LogP contribution in [0.3, 0.4) is 0 Å². The van der Waals surface area contributed by atoms with Crippen molar-refractivity contribution in [2.75, 3.05) is 0 Å². The fraction of sp³-hybridized carbons (Fsp3) is 0.143. The number of benzene rings is 1. The van der Waals surface area contributed by atoms with E-state index in [9.17, 15) is 5.11 Å². The van der Waals surface area contributed by atoms with E-state index in [1.807, 2.05) is 6.07 Å². The van der Waals surface area contributed by atoms with E-state index in [4.69, 9.17) is 5.73 Å². The molecule has 0 amide bonds. The van der Waals surface area contributed by atoms with Gasteiger partial charge in [-0.05, 0) is 62.9 Å². The third-order valence-corrected chi connectivity index (χ3v) is 4.32. The van der Waals surface area contributed by atoms with Crippen LogP contribution in [-0.2, 0) is 6.54 Å². The highest BCUT2D eigenvalue weighted by molar-refractivity contribution is 14.1. The Bertz CT molecular complexity index is 252. The molecule has 11 heavy (non-hydrogen) atoms. The Hall–Kier alpha value is 0.440. The van der Waals surface area contributed by atoms with Crippen LogP contribution in [0.5, 0.6) is 5.75 Å². The topological polar surface area (TPSA) is 46.2 Å². The van der Waals surface area contributed by atoms with Crippen molar-refractivity contribution < 1.29 is 5.11 Å². The molecule has 60 valence electrons. The van der Waals surface area contributed by atoms with Crippen molar-refractivity contribution in [2.24, 2.45) is 5.73 Å². The maximum atomic E-state index is 9.34. The van der Waals surface area contributed by atoms with E-state index in [0.29, 0.717) is 12.3 Å². The maximum absolute atomic E-state index is 9.34. The first-order chi connectivity index (χ1) is 5.15. The highest BCUT2D eigenvalue weighted by atomic mass is 127. The monoisotopic (exact) mass is 375 g/mol. The van der Waals surface area contributed by atoms with Gasteiger partial charge in [-0.25, -0.2) is 0 Å². The second-order valence-electron chi connectivity index (χ2n) is 2.11. The van der Waals surface area contributed by atoms with Crippen LogP contribution in [0.1, 0.15) is 5.56 Å². The molecule has 0 saturated carbocycles. The van der Waals surface area contributed by atoms with E-state index < -0.39 is 0 Å². The molecule has 1 aromatic carbocycles. The van der Waals surface area contributed by atoms with Crippen molar-refractivity contribution in [2.45, 2.75) is 6.54 Å². The number of nitrogens with two attached hydrogens (primary N) is 1. The van der Waals surface area contributed by atoms with E-state index in [2.05, 4.69) is 45.2 Å². The summed E-state index contributed by atoms with van der Waals surface area (Å²) in [5.41, 5.74) is 6.39. The van der Waals surface area contributed by atoms with Gasteiger partial charge in [-0.15, -0.1) is 0 Å². The molecule has 0 radical (unpaired) electrons. The molecular weight excluding hydrogens is 368 g/mol. The molecule has 0 fully saturated rings. The molecule has 0 atom stereocenters. The number of hydrogen-bond donors (Lipinski definition) is 2. The maximum Gasteiger partial charge on any atom is 0.130 e. The van der Waals surface area contributed by atoms with Crippen molar-refractivity contribution >= 4 is 45.2 Å². The lowest BCUT2D eigenvalue weighted by Gasteiger charge is -2.02. The molecule has 0 aromatic heterocycles. The minimum Gasteiger partial charge on any atom is -0.507 e. The van der Waals surface area contributed by atoms with Gasteiger partial charge in [-0.1, -0.05) is 0 Å². The normalized spacial score (nSPS) is 10.1. The first-order valence-corrected chi connectivity index (χ1v) is 5.18. The lowest BCUT2D eigenvalue weighted by molar-refractivity contribution is 0.470. The molecule has 0 saturated heterocycles. The third-order valence-electron chi connectivity index (χ3n) is 1.30. The Morgan fingerprint density at radius 1 is 1.36 bits per heavy atom. The van der Waals surface area contributed by atoms with Gasteiger partial charge in [0, 0.05) is 10.1 Å². The van der Waals surface area contributed by atoms with Crippen molar-refractivity contribution in [3.8, 4) is 5.75 Å². The largest absolute Gasteiger partial charge is 0.507 e. The standard InChI is InChI=1S/C7H7I2NO/c8-5-1-4(3-10)2-6(11)7(5)9/h1-2,11H,3,10H2. The number of phenolic OH excluding ortho intramolecular Hbond substituents is 1. The molecule has 0 bridgehead atoms. The molecule has 1 aromatic rings. The molecule has 0 aliphatic heterocycles. The van der Waals surface area contributed by atoms with Crippen molar-refractivity contribution in [1.29, 1.82) is 0 Å². The van der Waals surface area contributed by atoms with Gasteiger partial charge < -0.3 is 10.8 Å². The molecule has 0 heterocycles. The SMILES string of the molecule is NCc1cc(O)c(I)c(I)c1. The van der Waals surface area contributed by atoms with Crippen molar-refractivity contribution in [3.05, 3.63) is 24.8 Å². The third kappa shape index (κ3) is 2.19. The van der Waals surface area contributed by atoms with Gasteiger partial charge in [-0.2, -0.15) is 0 Å². The molecule has 0 aliphatic carbocycles. The summed E-state index contributed by atoms with van der Waals surface area (Å²) in [6.45, 7) is 0.473. The molecular formula is C7H7I2NO. The Kier molecular flexibility index (Phi) is 3.38. The summed E-state index contributed by atoms with van der Waals surface area (Å²) >= 11 is 4.28. The number of phenols is 1. The van der Waals surface area contributed by atoms with Crippen LogP contribution in [0.25, 0.3) is 0 Å². The van der Waals surface area contributed by atoms with E-state index in [1.54, 1.807) is 6.07 Å². The zero-order valence-corrected chi connectivity index (χ0v) is 9.96.